The molecule has 0 bridgehead atoms. The summed E-state index contributed by atoms with van der Waals surface area (Å²) in [7, 11) is 1.68. The second-order valence-corrected chi connectivity index (χ2v) is 5.42. The van der Waals surface area contributed by atoms with E-state index in [1.165, 1.54) is 10.9 Å². The first-order chi connectivity index (χ1) is 10.0. The summed E-state index contributed by atoms with van der Waals surface area (Å²) in [4.78, 5) is 37.2. The molecule has 1 aliphatic heterocycles. The molecule has 1 aromatic heterocycles. The molecular weight excluding hydrogens is 276 g/mol. The molecule has 0 unspecified atom stereocenters. The van der Waals surface area contributed by atoms with Crippen LogP contribution in [0.25, 0.3) is 0 Å². The Morgan fingerprint density at radius 1 is 1.43 bits per heavy atom. The third kappa shape index (κ3) is 2.24. The molecule has 1 spiro atoms. The Morgan fingerprint density at radius 2 is 2.14 bits per heavy atom. The lowest BCUT2D eigenvalue weighted by atomic mass is 9.98. The van der Waals surface area contributed by atoms with Gasteiger partial charge in [0.2, 0.25) is 11.9 Å². The lowest BCUT2D eigenvalue weighted by molar-refractivity contribution is -0.133. The lowest BCUT2D eigenvalue weighted by Gasteiger charge is -2.19. The number of aryl methyl sites for hydroxylation is 1. The fourth-order valence-corrected chi connectivity index (χ4v) is 2.84. The number of hydrogen-bond donors (Lipinski definition) is 2. The first-order valence-corrected chi connectivity index (χ1v) is 6.80. The van der Waals surface area contributed by atoms with E-state index < -0.39 is 17.5 Å². The van der Waals surface area contributed by atoms with E-state index in [4.69, 9.17) is 0 Å². The molecule has 0 radical (unpaired) electrons. The molecular formula is C12H16N6O3. The predicted octanol–water partition coefficient (Wildman–Crippen LogP) is -0.382. The van der Waals surface area contributed by atoms with E-state index in [0.29, 0.717) is 12.8 Å². The summed E-state index contributed by atoms with van der Waals surface area (Å²) in [5, 5.41) is 12.6. The van der Waals surface area contributed by atoms with E-state index in [1.54, 1.807) is 7.05 Å². The zero-order valence-electron chi connectivity index (χ0n) is 11.6. The van der Waals surface area contributed by atoms with Crippen LogP contribution in [0.15, 0.2) is 6.33 Å². The first kappa shape index (κ1) is 13.5. The van der Waals surface area contributed by atoms with Crippen molar-refractivity contribution in [2.45, 2.75) is 31.2 Å². The number of rotatable bonds is 3. The maximum Gasteiger partial charge on any atom is 0.325 e. The average Bonchev–Trinajstić information content (AvgIpc) is 3.10. The molecule has 4 amide bonds. The van der Waals surface area contributed by atoms with Gasteiger partial charge in [0.15, 0.2) is 0 Å². The van der Waals surface area contributed by atoms with Crippen LogP contribution in [-0.2, 0) is 16.6 Å². The number of carbonyl (C=O) groups excluding carboxylic acids is 3. The second-order valence-electron chi connectivity index (χ2n) is 5.42. The molecule has 1 saturated heterocycles. The third-order valence-corrected chi connectivity index (χ3v) is 3.97. The first-order valence-electron chi connectivity index (χ1n) is 6.80. The van der Waals surface area contributed by atoms with Gasteiger partial charge in [0, 0.05) is 7.05 Å². The molecule has 2 fully saturated rings. The number of imide groups is 1. The van der Waals surface area contributed by atoms with Gasteiger partial charge >= 0.3 is 6.03 Å². The molecule has 9 nitrogen and oxygen atoms in total. The minimum atomic E-state index is -0.790. The van der Waals surface area contributed by atoms with Crippen LogP contribution >= 0.6 is 0 Å². The van der Waals surface area contributed by atoms with Crippen LogP contribution < -0.4 is 10.6 Å². The average molecular weight is 292 g/mol. The number of aromatic nitrogens is 3. The minimum Gasteiger partial charge on any atom is -0.323 e. The standard InChI is InChI=1S/C12H16N6O3/c1-17-7-13-16-10(17)14-8(19)6-18-9(20)12(15-11(18)21)4-2-3-5-12/h7H,2-6H2,1H3,(H,15,21)(H,14,16,19). The van der Waals surface area contributed by atoms with Gasteiger partial charge < -0.3 is 9.88 Å². The van der Waals surface area contributed by atoms with Gasteiger partial charge in [-0.25, -0.2) is 4.79 Å². The lowest BCUT2D eigenvalue weighted by Crippen LogP contribution is -2.44. The van der Waals surface area contributed by atoms with Gasteiger partial charge in [-0.15, -0.1) is 10.2 Å². The number of carbonyl (C=O) groups is 3. The van der Waals surface area contributed by atoms with E-state index in [1.807, 2.05) is 0 Å². The highest BCUT2D eigenvalue weighted by molar-refractivity contribution is 6.10. The molecule has 2 N–H and O–H groups in total. The fraction of sp³-hybridized carbons (Fsp3) is 0.583. The van der Waals surface area contributed by atoms with Gasteiger partial charge in [0.1, 0.15) is 18.4 Å². The highest BCUT2D eigenvalue weighted by Gasteiger charge is 2.52. The molecule has 2 aliphatic rings. The van der Waals surface area contributed by atoms with E-state index in [-0.39, 0.29) is 18.4 Å². The van der Waals surface area contributed by atoms with Crippen LogP contribution in [-0.4, -0.2) is 49.6 Å². The number of urea groups is 1. The molecule has 0 aromatic carbocycles. The van der Waals surface area contributed by atoms with Crippen molar-refractivity contribution in [1.82, 2.24) is 25.0 Å². The number of nitrogens with one attached hydrogen (secondary N) is 2. The van der Waals surface area contributed by atoms with Gasteiger partial charge in [0.05, 0.1) is 0 Å². The Morgan fingerprint density at radius 3 is 2.76 bits per heavy atom. The molecule has 1 aliphatic carbocycles. The van der Waals surface area contributed by atoms with Crippen LogP contribution in [0.1, 0.15) is 25.7 Å². The molecule has 112 valence electrons. The van der Waals surface area contributed by atoms with Crippen molar-refractivity contribution < 1.29 is 14.4 Å². The Bertz CT molecular complexity index is 604. The van der Waals surface area contributed by atoms with Gasteiger partial charge in [-0.3, -0.25) is 19.8 Å². The summed E-state index contributed by atoms with van der Waals surface area (Å²) in [5.41, 5.74) is -0.790. The monoisotopic (exact) mass is 292 g/mol. The normalized spacial score (nSPS) is 20.1. The summed E-state index contributed by atoms with van der Waals surface area (Å²) in [6, 6.07) is -0.505. The van der Waals surface area contributed by atoms with Crippen molar-refractivity contribution >= 4 is 23.8 Å². The largest absolute Gasteiger partial charge is 0.325 e. The summed E-state index contributed by atoms with van der Waals surface area (Å²) in [6.45, 7) is -0.320. The molecule has 1 aromatic rings. The van der Waals surface area contributed by atoms with Crippen LogP contribution in [0.3, 0.4) is 0 Å². The Labute approximate surface area is 120 Å². The highest BCUT2D eigenvalue weighted by Crippen LogP contribution is 2.34. The van der Waals surface area contributed by atoms with Crippen molar-refractivity contribution in [3.63, 3.8) is 0 Å². The van der Waals surface area contributed by atoms with Crippen LogP contribution in [0.5, 0.6) is 0 Å². The van der Waals surface area contributed by atoms with Crippen molar-refractivity contribution in [2.24, 2.45) is 7.05 Å². The Kier molecular flexibility index (Phi) is 3.11. The summed E-state index contributed by atoms with van der Waals surface area (Å²) < 4.78 is 1.53. The van der Waals surface area contributed by atoms with E-state index in [2.05, 4.69) is 20.8 Å². The van der Waals surface area contributed by atoms with Crippen molar-refractivity contribution in [1.29, 1.82) is 0 Å². The topological polar surface area (TPSA) is 109 Å². The number of anilines is 1. The third-order valence-electron chi connectivity index (χ3n) is 3.97. The van der Waals surface area contributed by atoms with Crippen molar-refractivity contribution in [2.75, 3.05) is 11.9 Å². The maximum atomic E-state index is 12.4. The Hall–Kier alpha value is -2.45. The number of amides is 4. The molecule has 3 rings (SSSR count). The van der Waals surface area contributed by atoms with Gasteiger partial charge in [0.25, 0.3) is 5.91 Å². The highest BCUT2D eigenvalue weighted by atomic mass is 16.2. The predicted molar refractivity (Wildman–Crippen MR) is 71.1 cm³/mol. The smallest absolute Gasteiger partial charge is 0.323 e. The van der Waals surface area contributed by atoms with Crippen molar-refractivity contribution in [3.05, 3.63) is 6.33 Å². The molecule has 2 heterocycles. The zero-order valence-corrected chi connectivity index (χ0v) is 11.6. The Balaban J connectivity index is 1.67. The quantitative estimate of drug-likeness (QED) is 0.738. The molecule has 21 heavy (non-hydrogen) atoms. The summed E-state index contributed by atoms with van der Waals surface area (Å²) in [6.07, 6.45) is 4.53. The molecule has 0 atom stereocenters. The van der Waals surface area contributed by atoms with E-state index in [9.17, 15) is 14.4 Å². The minimum absolute atomic E-state index is 0.266. The summed E-state index contributed by atoms with van der Waals surface area (Å²) in [5.74, 6) is -0.523. The second kappa shape index (κ2) is 4.83. The number of nitrogens with zero attached hydrogens (tertiary/aromatic N) is 4. The van der Waals surface area contributed by atoms with Gasteiger partial charge in [-0.2, -0.15) is 0 Å². The molecule has 9 heteroatoms. The maximum absolute atomic E-state index is 12.4. The van der Waals surface area contributed by atoms with Gasteiger partial charge in [-0.1, -0.05) is 12.8 Å². The fourth-order valence-electron chi connectivity index (χ4n) is 2.84. The zero-order chi connectivity index (χ0) is 15.0. The SMILES string of the molecule is Cn1cnnc1NC(=O)CN1C(=O)NC2(CCCC2)C1=O. The van der Waals surface area contributed by atoms with Crippen LogP contribution in [0.2, 0.25) is 0 Å². The van der Waals surface area contributed by atoms with Gasteiger partial charge in [-0.05, 0) is 12.8 Å². The van der Waals surface area contributed by atoms with E-state index >= 15 is 0 Å². The van der Waals surface area contributed by atoms with Crippen LogP contribution in [0.4, 0.5) is 10.7 Å². The summed E-state index contributed by atoms with van der Waals surface area (Å²) >= 11 is 0. The van der Waals surface area contributed by atoms with E-state index in [0.717, 1.165) is 17.7 Å². The molecule has 1 saturated carbocycles. The number of hydrogen-bond acceptors (Lipinski definition) is 5. The van der Waals surface area contributed by atoms with Crippen LogP contribution in [0, 0.1) is 0 Å². The van der Waals surface area contributed by atoms with Crippen molar-refractivity contribution in [3.8, 4) is 0 Å².